The molecule has 0 radical (unpaired) electrons. The molecule has 0 spiro atoms. The first-order chi connectivity index (χ1) is 13.7. The lowest BCUT2D eigenvalue weighted by Gasteiger charge is -2.36. The molecule has 0 aliphatic carbocycles. The Balaban J connectivity index is 1.45. The number of benzene rings is 1. The fourth-order valence-corrected chi connectivity index (χ4v) is 4.83. The highest BCUT2D eigenvalue weighted by molar-refractivity contribution is 5.38. The summed E-state index contributed by atoms with van der Waals surface area (Å²) in [5, 5.41) is 0. The maximum atomic E-state index is 5.51. The molecule has 3 aliphatic heterocycles. The van der Waals surface area contributed by atoms with E-state index in [1.807, 2.05) is 24.5 Å². The first-order valence-corrected chi connectivity index (χ1v) is 10.4. The first-order valence-electron chi connectivity index (χ1n) is 10.4. The van der Waals surface area contributed by atoms with Crippen LogP contribution in [0.2, 0.25) is 0 Å². The molecular weight excluding hydrogens is 346 g/mol. The average molecular weight is 378 g/mol. The summed E-state index contributed by atoms with van der Waals surface area (Å²) in [6, 6.07) is 11.5. The van der Waals surface area contributed by atoms with Crippen molar-refractivity contribution in [1.82, 2.24) is 14.8 Å². The van der Waals surface area contributed by atoms with E-state index in [0.29, 0.717) is 6.04 Å². The largest absolute Gasteiger partial charge is 0.496 e. The first kappa shape index (κ1) is 19.2. The van der Waals surface area contributed by atoms with Gasteiger partial charge in [-0.2, -0.15) is 0 Å². The van der Waals surface area contributed by atoms with Gasteiger partial charge in [-0.05, 0) is 54.0 Å². The number of ether oxygens (including phenoxy) is 1. The predicted molar refractivity (Wildman–Crippen MR) is 113 cm³/mol. The molecule has 0 N–H and O–H groups in total. The van der Waals surface area contributed by atoms with Crippen LogP contribution in [-0.2, 0) is 19.5 Å². The molecule has 2 bridgehead atoms. The Kier molecular flexibility index (Phi) is 6.08. The van der Waals surface area contributed by atoms with Crippen LogP contribution in [0.4, 0.5) is 0 Å². The van der Waals surface area contributed by atoms with E-state index in [1.54, 1.807) is 7.11 Å². The van der Waals surface area contributed by atoms with Gasteiger partial charge < -0.3 is 4.74 Å². The van der Waals surface area contributed by atoms with Crippen LogP contribution in [0.25, 0.3) is 0 Å². The van der Waals surface area contributed by atoms with Crippen LogP contribution in [0.15, 0.2) is 55.4 Å². The average Bonchev–Trinajstić information content (AvgIpc) is 3.00. The summed E-state index contributed by atoms with van der Waals surface area (Å²) in [6.45, 7) is 9.49. The minimum absolute atomic E-state index is 0.639. The molecule has 1 aromatic carbocycles. The Morgan fingerprint density at radius 3 is 2.86 bits per heavy atom. The zero-order chi connectivity index (χ0) is 19.3. The van der Waals surface area contributed by atoms with Crippen LogP contribution in [0, 0.1) is 5.92 Å². The Labute approximate surface area is 168 Å². The minimum Gasteiger partial charge on any atom is -0.496 e. The molecule has 5 rings (SSSR count). The van der Waals surface area contributed by atoms with Crippen molar-refractivity contribution in [2.45, 2.75) is 38.4 Å². The van der Waals surface area contributed by atoms with Gasteiger partial charge in [0.1, 0.15) is 5.75 Å². The summed E-state index contributed by atoms with van der Waals surface area (Å²) in [7, 11) is 1.74. The second-order valence-electron chi connectivity index (χ2n) is 8.22. The minimum atomic E-state index is 0.639. The molecule has 28 heavy (non-hydrogen) atoms. The number of pyridine rings is 1. The van der Waals surface area contributed by atoms with Gasteiger partial charge in [0.15, 0.2) is 0 Å². The molecule has 0 amide bonds. The second-order valence-corrected chi connectivity index (χ2v) is 8.22. The Morgan fingerprint density at radius 1 is 1.14 bits per heavy atom. The van der Waals surface area contributed by atoms with E-state index < -0.39 is 0 Å². The third kappa shape index (κ3) is 4.45. The highest BCUT2D eigenvalue weighted by Crippen LogP contribution is 2.31. The number of rotatable bonds is 7. The van der Waals surface area contributed by atoms with Crippen LogP contribution in [0.3, 0.4) is 0 Å². The molecule has 2 atom stereocenters. The standard InChI is InChI=1S/C24H31N3O/c1-3-5-22-12-19(8-10-24(22)28-2)16-27-17-21-7-9-23(27)18-26(15-21)14-20-6-4-11-25-13-20/h3-4,6,8,10-13,21,23H,1,5,7,9,14-18H2,2H3/t21-,23+/m0/s1. The Morgan fingerprint density at radius 2 is 2.07 bits per heavy atom. The fraction of sp³-hybridized carbons (Fsp3) is 0.458. The molecule has 148 valence electrons. The molecule has 2 aromatic rings. The van der Waals surface area contributed by atoms with E-state index in [2.05, 4.69) is 45.6 Å². The summed E-state index contributed by atoms with van der Waals surface area (Å²) in [6.07, 6.45) is 9.32. The summed E-state index contributed by atoms with van der Waals surface area (Å²) in [5.74, 6) is 1.73. The summed E-state index contributed by atoms with van der Waals surface area (Å²) < 4.78 is 5.51. The van der Waals surface area contributed by atoms with Crippen molar-refractivity contribution in [2.75, 3.05) is 26.7 Å². The van der Waals surface area contributed by atoms with E-state index in [9.17, 15) is 0 Å². The van der Waals surface area contributed by atoms with Crippen molar-refractivity contribution in [2.24, 2.45) is 5.92 Å². The Hall–Kier alpha value is -2.17. The molecule has 4 nitrogen and oxygen atoms in total. The van der Waals surface area contributed by atoms with Gasteiger partial charge in [-0.15, -0.1) is 6.58 Å². The summed E-state index contributed by atoms with van der Waals surface area (Å²) in [4.78, 5) is 9.62. The maximum Gasteiger partial charge on any atom is 0.122 e. The third-order valence-corrected chi connectivity index (χ3v) is 6.13. The molecule has 4 heteroatoms. The highest BCUT2D eigenvalue weighted by Gasteiger charge is 2.34. The normalized spacial score (nSPS) is 22.8. The van der Waals surface area contributed by atoms with Crippen molar-refractivity contribution in [1.29, 1.82) is 0 Å². The number of hydrogen-bond acceptors (Lipinski definition) is 4. The monoisotopic (exact) mass is 377 g/mol. The predicted octanol–water partition coefficient (Wildman–Crippen LogP) is 3.92. The molecule has 3 aliphatic rings. The lowest BCUT2D eigenvalue weighted by Crippen LogP contribution is -2.43. The van der Waals surface area contributed by atoms with Gasteiger partial charge in [0, 0.05) is 51.2 Å². The molecule has 0 saturated carbocycles. The number of piperidine rings is 1. The van der Waals surface area contributed by atoms with E-state index in [-0.39, 0.29) is 0 Å². The van der Waals surface area contributed by atoms with Gasteiger partial charge in [-0.3, -0.25) is 14.8 Å². The van der Waals surface area contributed by atoms with Crippen LogP contribution in [0.5, 0.6) is 5.75 Å². The zero-order valence-corrected chi connectivity index (χ0v) is 16.9. The molecule has 1 aromatic heterocycles. The molecule has 3 fully saturated rings. The number of fused-ring (bicyclic) bond motifs is 4. The van der Waals surface area contributed by atoms with Gasteiger partial charge in [-0.25, -0.2) is 0 Å². The zero-order valence-electron chi connectivity index (χ0n) is 16.9. The lowest BCUT2D eigenvalue weighted by atomic mass is 9.94. The SMILES string of the molecule is C=CCc1cc(CN2C[C@H]3CC[C@@H]2CN(Cc2cccnc2)C3)ccc1OC. The van der Waals surface area contributed by atoms with Crippen molar-refractivity contribution >= 4 is 0 Å². The van der Waals surface area contributed by atoms with Crippen LogP contribution < -0.4 is 4.74 Å². The molecular formula is C24H31N3O. The van der Waals surface area contributed by atoms with Crippen molar-refractivity contribution in [3.63, 3.8) is 0 Å². The van der Waals surface area contributed by atoms with Crippen LogP contribution in [0.1, 0.15) is 29.5 Å². The Bertz CT molecular complexity index is 792. The smallest absolute Gasteiger partial charge is 0.122 e. The number of methoxy groups -OCH3 is 1. The van der Waals surface area contributed by atoms with Gasteiger partial charge in [0.05, 0.1) is 7.11 Å². The van der Waals surface area contributed by atoms with Gasteiger partial charge in [0.2, 0.25) is 0 Å². The number of hydrogen-bond donors (Lipinski definition) is 0. The number of aromatic nitrogens is 1. The highest BCUT2D eigenvalue weighted by atomic mass is 16.5. The van der Waals surface area contributed by atoms with E-state index in [0.717, 1.165) is 37.7 Å². The summed E-state index contributed by atoms with van der Waals surface area (Å²) >= 11 is 0. The number of nitrogens with zero attached hydrogens (tertiary/aromatic N) is 3. The van der Waals surface area contributed by atoms with E-state index >= 15 is 0 Å². The van der Waals surface area contributed by atoms with Gasteiger partial charge >= 0.3 is 0 Å². The fourth-order valence-electron chi connectivity index (χ4n) is 4.83. The van der Waals surface area contributed by atoms with Crippen molar-refractivity contribution in [3.05, 3.63) is 72.1 Å². The topological polar surface area (TPSA) is 28.6 Å². The molecule has 4 heterocycles. The van der Waals surface area contributed by atoms with Gasteiger partial charge in [0.25, 0.3) is 0 Å². The van der Waals surface area contributed by atoms with E-state index in [4.69, 9.17) is 4.74 Å². The lowest BCUT2D eigenvalue weighted by molar-refractivity contribution is 0.123. The maximum absolute atomic E-state index is 5.51. The molecule has 0 unspecified atom stereocenters. The van der Waals surface area contributed by atoms with Crippen molar-refractivity contribution < 1.29 is 4.74 Å². The van der Waals surface area contributed by atoms with E-state index in [1.165, 1.54) is 42.6 Å². The number of allylic oxidation sites excluding steroid dienone is 1. The van der Waals surface area contributed by atoms with Crippen LogP contribution in [-0.4, -0.2) is 47.6 Å². The van der Waals surface area contributed by atoms with Gasteiger partial charge in [-0.1, -0.05) is 24.3 Å². The molecule has 3 saturated heterocycles. The van der Waals surface area contributed by atoms with Crippen LogP contribution >= 0.6 is 0 Å². The third-order valence-electron chi connectivity index (χ3n) is 6.13. The summed E-state index contributed by atoms with van der Waals surface area (Å²) in [5.41, 5.74) is 3.93. The van der Waals surface area contributed by atoms with Crippen molar-refractivity contribution in [3.8, 4) is 5.75 Å². The quantitative estimate of drug-likeness (QED) is 0.684. The second kappa shape index (κ2) is 8.89.